The molecule has 1 heterocycles. The van der Waals surface area contributed by atoms with E-state index in [0.29, 0.717) is 23.0 Å². The monoisotopic (exact) mass is 359 g/mol. The topological polar surface area (TPSA) is 29.5 Å². The van der Waals surface area contributed by atoms with Gasteiger partial charge in [0.15, 0.2) is 5.78 Å². The molecule has 2 rings (SSSR count). The number of Topliss-reactive ketones (excluding diaryl/α,β-unsaturated/α-hetero) is 1. The molecule has 1 aliphatic heterocycles. The van der Waals surface area contributed by atoms with E-state index in [1.807, 2.05) is 6.07 Å². The van der Waals surface area contributed by atoms with Crippen LogP contribution in [0.4, 0.5) is 0 Å². The van der Waals surface area contributed by atoms with Gasteiger partial charge in [0, 0.05) is 42.3 Å². The molecule has 0 unspecified atom stereocenters. The summed E-state index contributed by atoms with van der Waals surface area (Å²) >= 11 is 9.45. The van der Waals surface area contributed by atoms with E-state index in [9.17, 15) is 4.79 Å². The van der Waals surface area contributed by atoms with Crippen LogP contribution in [-0.2, 0) is 4.74 Å². The van der Waals surface area contributed by atoms with Crippen molar-refractivity contribution in [2.75, 3.05) is 26.8 Å². The van der Waals surface area contributed by atoms with Gasteiger partial charge < -0.3 is 9.64 Å². The number of carbonyl (C=O) groups is 1. The molecule has 5 heteroatoms. The zero-order valence-corrected chi connectivity index (χ0v) is 13.9. The van der Waals surface area contributed by atoms with Crippen molar-refractivity contribution in [1.82, 2.24) is 4.90 Å². The first-order valence-electron chi connectivity index (χ1n) is 6.84. The summed E-state index contributed by atoms with van der Waals surface area (Å²) in [6, 6.07) is 5.92. The molecular formula is C15H19BrClNO2. The van der Waals surface area contributed by atoms with Gasteiger partial charge in [-0.05, 0) is 38.1 Å². The lowest BCUT2D eigenvalue weighted by atomic mass is 10.1. The number of rotatable bonds is 5. The average molecular weight is 361 g/mol. The fourth-order valence-electron chi connectivity index (χ4n) is 2.44. The summed E-state index contributed by atoms with van der Waals surface area (Å²) in [6.07, 6.45) is 2.59. The van der Waals surface area contributed by atoms with Crippen LogP contribution in [0.5, 0.6) is 0 Å². The van der Waals surface area contributed by atoms with Crippen LogP contribution >= 0.6 is 27.5 Å². The van der Waals surface area contributed by atoms with Crippen LogP contribution in [0.2, 0.25) is 5.02 Å². The van der Waals surface area contributed by atoms with Gasteiger partial charge in [-0.25, -0.2) is 0 Å². The molecule has 0 radical (unpaired) electrons. The molecule has 3 nitrogen and oxygen atoms in total. The fourth-order valence-corrected chi connectivity index (χ4v) is 3.22. The number of carbonyl (C=O) groups excluding carboxylic acids is 1. The van der Waals surface area contributed by atoms with E-state index in [0.717, 1.165) is 37.1 Å². The first kappa shape index (κ1) is 16.0. The molecule has 1 fully saturated rings. The van der Waals surface area contributed by atoms with Gasteiger partial charge in [0.1, 0.15) is 0 Å². The van der Waals surface area contributed by atoms with Crippen molar-refractivity contribution in [2.24, 2.45) is 0 Å². The molecule has 0 aliphatic carbocycles. The lowest BCUT2D eigenvalue weighted by Crippen LogP contribution is -2.37. The molecule has 0 spiro atoms. The number of hydrogen-bond donors (Lipinski definition) is 0. The summed E-state index contributed by atoms with van der Waals surface area (Å²) < 4.78 is 6.24. The second-order valence-electron chi connectivity index (χ2n) is 5.12. The Labute approximate surface area is 133 Å². The summed E-state index contributed by atoms with van der Waals surface area (Å²) in [5.74, 6) is 0.0985. The molecule has 0 saturated carbocycles. The third kappa shape index (κ3) is 4.29. The Hall–Kier alpha value is -0.420. The maximum absolute atomic E-state index is 12.2. The van der Waals surface area contributed by atoms with Crippen LogP contribution in [0.15, 0.2) is 22.7 Å². The van der Waals surface area contributed by atoms with Gasteiger partial charge in [0.2, 0.25) is 0 Å². The normalized spacial score (nSPS) is 16.6. The molecular weight excluding hydrogens is 342 g/mol. The van der Waals surface area contributed by atoms with E-state index in [1.165, 1.54) is 0 Å². The first-order chi connectivity index (χ1) is 9.58. The molecule has 20 heavy (non-hydrogen) atoms. The van der Waals surface area contributed by atoms with Gasteiger partial charge in [-0.1, -0.05) is 27.5 Å². The van der Waals surface area contributed by atoms with Crippen molar-refractivity contribution >= 4 is 33.3 Å². The van der Waals surface area contributed by atoms with Crippen molar-refractivity contribution in [3.8, 4) is 0 Å². The number of benzene rings is 1. The van der Waals surface area contributed by atoms with Crippen LogP contribution < -0.4 is 0 Å². The number of nitrogens with zero attached hydrogens (tertiary/aromatic N) is 1. The third-order valence-corrected chi connectivity index (χ3v) is 4.54. The predicted octanol–water partition coefficient (Wildman–Crippen LogP) is 3.79. The fraction of sp³-hybridized carbons (Fsp3) is 0.533. The van der Waals surface area contributed by atoms with Gasteiger partial charge in [-0.15, -0.1) is 0 Å². The number of ketones is 1. The maximum atomic E-state index is 12.2. The molecule has 1 aliphatic rings. The van der Waals surface area contributed by atoms with Gasteiger partial charge in [-0.3, -0.25) is 4.79 Å². The highest BCUT2D eigenvalue weighted by atomic mass is 79.9. The summed E-state index contributed by atoms with van der Waals surface area (Å²) in [4.78, 5) is 14.5. The van der Waals surface area contributed by atoms with Crippen molar-refractivity contribution in [1.29, 1.82) is 0 Å². The molecule has 1 aromatic carbocycles. The van der Waals surface area contributed by atoms with Crippen molar-refractivity contribution in [3.63, 3.8) is 0 Å². The Morgan fingerprint density at radius 2 is 2.15 bits per heavy atom. The first-order valence-corrected chi connectivity index (χ1v) is 8.01. The van der Waals surface area contributed by atoms with E-state index in [1.54, 1.807) is 12.1 Å². The van der Waals surface area contributed by atoms with Gasteiger partial charge >= 0.3 is 0 Å². The van der Waals surface area contributed by atoms with Crippen molar-refractivity contribution < 1.29 is 9.53 Å². The largest absolute Gasteiger partial charge is 0.381 e. The number of hydrogen-bond acceptors (Lipinski definition) is 3. The van der Waals surface area contributed by atoms with E-state index in [-0.39, 0.29) is 5.78 Å². The van der Waals surface area contributed by atoms with Crippen LogP contribution in [0.3, 0.4) is 0 Å². The second-order valence-corrected chi connectivity index (χ2v) is 6.44. The standard InChI is InChI=1S/C15H19BrClNO2/c1-18(12-5-8-20-9-6-12)7-4-15(19)13-3-2-11(16)10-14(13)17/h2-3,10,12H,4-9H2,1H3. The Balaban J connectivity index is 1.88. The van der Waals surface area contributed by atoms with Crippen LogP contribution in [-0.4, -0.2) is 43.5 Å². The molecule has 0 amide bonds. The highest BCUT2D eigenvalue weighted by molar-refractivity contribution is 9.10. The summed E-state index contributed by atoms with van der Waals surface area (Å²) in [7, 11) is 2.08. The van der Waals surface area contributed by atoms with E-state index >= 15 is 0 Å². The third-order valence-electron chi connectivity index (χ3n) is 3.74. The summed E-state index contributed by atoms with van der Waals surface area (Å²) in [6.45, 7) is 2.40. The predicted molar refractivity (Wildman–Crippen MR) is 84.6 cm³/mol. The molecule has 110 valence electrons. The smallest absolute Gasteiger partial charge is 0.165 e. The van der Waals surface area contributed by atoms with Crippen molar-refractivity contribution in [3.05, 3.63) is 33.3 Å². The molecule has 0 bridgehead atoms. The summed E-state index contributed by atoms with van der Waals surface area (Å²) in [5, 5.41) is 0.512. The maximum Gasteiger partial charge on any atom is 0.165 e. The Kier molecular flexibility index (Phi) is 6.02. The zero-order valence-electron chi connectivity index (χ0n) is 11.6. The van der Waals surface area contributed by atoms with Gasteiger partial charge in [0.25, 0.3) is 0 Å². The molecule has 0 aromatic heterocycles. The lowest BCUT2D eigenvalue weighted by molar-refractivity contribution is 0.0425. The SMILES string of the molecule is CN(CCC(=O)c1ccc(Br)cc1Cl)C1CCOCC1. The van der Waals surface area contributed by atoms with E-state index in [4.69, 9.17) is 16.3 Å². The highest BCUT2D eigenvalue weighted by Gasteiger charge is 2.19. The second kappa shape index (κ2) is 7.55. The molecule has 1 saturated heterocycles. The van der Waals surface area contributed by atoms with Gasteiger partial charge in [0.05, 0.1) is 5.02 Å². The van der Waals surface area contributed by atoms with E-state index in [2.05, 4.69) is 27.9 Å². The Morgan fingerprint density at radius 1 is 1.45 bits per heavy atom. The zero-order chi connectivity index (χ0) is 14.5. The minimum absolute atomic E-state index is 0.0985. The molecule has 1 aromatic rings. The van der Waals surface area contributed by atoms with E-state index < -0.39 is 0 Å². The van der Waals surface area contributed by atoms with Crippen LogP contribution in [0.1, 0.15) is 29.6 Å². The summed E-state index contributed by atoms with van der Waals surface area (Å²) in [5.41, 5.74) is 0.607. The number of halogens is 2. The van der Waals surface area contributed by atoms with Gasteiger partial charge in [-0.2, -0.15) is 0 Å². The Bertz CT molecular complexity index is 475. The highest BCUT2D eigenvalue weighted by Crippen LogP contribution is 2.23. The van der Waals surface area contributed by atoms with Crippen LogP contribution in [0.25, 0.3) is 0 Å². The molecule has 0 N–H and O–H groups in total. The molecule has 0 atom stereocenters. The van der Waals surface area contributed by atoms with Crippen LogP contribution in [0, 0.1) is 0 Å². The quantitative estimate of drug-likeness (QED) is 0.748. The minimum Gasteiger partial charge on any atom is -0.381 e. The Morgan fingerprint density at radius 3 is 2.80 bits per heavy atom. The lowest BCUT2D eigenvalue weighted by Gasteiger charge is -2.30. The minimum atomic E-state index is 0.0985. The van der Waals surface area contributed by atoms with Crippen molar-refractivity contribution in [2.45, 2.75) is 25.3 Å². The average Bonchev–Trinajstić information content (AvgIpc) is 2.45. The number of ether oxygens (including phenoxy) is 1.